The van der Waals surface area contributed by atoms with E-state index >= 15 is 0 Å². The molecule has 0 aliphatic heterocycles. The van der Waals surface area contributed by atoms with Crippen LogP contribution in [0.4, 0.5) is 0 Å². The van der Waals surface area contributed by atoms with E-state index in [9.17, 15) is 9.59 Å². The van der Waals surface area contributed by atoms with Crippen LogP contribution in [-0.2, 0) is 16.1 Å². The predicted octanol–water partition coefficient (Wildman–Crippen LogP) is 1.14. The van der Waals surface area contributed by atoms with Crippen molar-refractivity contribution in [1.82, 2.24) is 15.1 Å². The molecule has 0 fully saturated rings. The molecule has 2 N–H and O–H groups in total. The van der Waals surface area contributed by atoms with E-state index < -0.39 is 12.0 Å². The molecule has 2 rings (SSSR count). The second-order valence-electron chi connectivity index (χ2n) is 4.41. The molecule has 104 valence electrons. The molecular formula is C14H15N3O3. The van der Waals surface area contributed by atoms with Gasteiger partial charge in [-0.1, -0.05) is 30.3 Å². The molecule has 1 atom stereocenters. The van der Waals surface area contributed by atoms with Crippen molar-refractivity contribution < 1.29 is 14.7 Å². The van der Waals surface area contributed by atoms with Gasteiger partial charge in [-0.05, 0) is 5.56 Å². The van der Waals surface area contributed by atoms with Crippen LogP contribution in [0.15, 0.2) is 42.7 Å². The molecule has 20 heavy (non-hydrogen) atoms. The highest BCUT2D eigenvalue weighted by atomic mass is 16.4. The molecule has 6 heteroatoms. The molecule has 1 heterocycles. The molecule has 1 amide bonds. The summed E-state index contributed by atoms with van der Waals surface area (Å²) in [6.45, 7) is 1.37. The minimum atomic E-state index is -1.09. The SMILES string of the molecule is CC(=O)NC(Cn1cc(-c2ccccc2)cn1)C(=O)O. The average Bonchev–Trinajstić information content (AvgIpc) is 2.87. The highest BCUT2D eigenvalue weighted by Crippen LogP contribution is 2.17. The second-order valence-corrected chi connectivity index (χ2v) is 4.41. The monoisotopic (exact) mass is 273 g/mol. The molecule has 2 aromatic rings. The lowest BCUT2D eigenvalue weighted by Gasteiger charge is -2.12. The third-order valence-electron chi connectivity index (χ3n) is 2.79. The molecule has 0 bridgehead atoms. The van der Waals surface area contributed by atoms with Crippen LogP contribution in [0.1, 0.15) is 6.92 Å². The number of nitrogens with zero attached hydrogens (tertiary/aromatic N) is 2. The Bertz CT molecular complexity index is 607. The van der Waals surface area contributed by atoms with Gasteiger partial charge in [-0.15, -0.1) is 0 Å². The Morgan fingerprint density at radius 2 is 2.00 bits per heavy atom. The first-order chi connectivity index (χ1) is 9.56. The van der Waals surface area contributed by atoms with Gasteiger partial charge in [0.1, 0.15) is 6.04 Å². The molecule has 0 saturated heterocycles. The van der Waals surface area contributed by atoms with Gasteiger partial charge in [0.2, 0.25) is 5.91 Å². The molecule has 1 unspecified atom stereocenters. The number of nitrogens with one attached hydrogen (secondary N) is 1. The smallest absolute Gasteiger partial charge is 0.328 e. The molecule has 1 aromatic heterocycles. The summed E-state index contributed by atoms with van der Waals surface area (Å²) in [5.74, 6) is -1.47. The Balaban J connectivity index is 2.12. The Morgan fingerprint density at radius 3 is 2.60 bits per heavy atom. The zero-order valence-corrected chi connectivity index (χ0v) is 11.0. The van der Waals surface area contributed by atoms with Gasteiger partial charge in [0, 0.05) is 18.7 Å². The zero-order chi connectivity index (χ0) is 14.5. The lowest BCUT2D eigenvalue weighted by molar-refractivity contribution is -0.142. The second kappa shape index (κ2) is 6.01. The summed E-state index contributed by atoms with van der Waals surface area (Å²) in [7, 11) is 0. The number of hydrogen-bond acceptors (Lipinski definition) is 3. The van der Waals surface area contributed by atoms with E-state index in [1.165, 1.54) is 11.6 Å². The highest BCUT2D eigenvalue weighted by molar-refractivity contribution is 5.81. The van der Waals surface area contributed by atoms with Crippen LogP contribution < -0.4 is 5.32 Å². The molecule has 0 aliphatic rings. The number of hydrogen-bond donors (Lipinski definition) is 2. The number of benzene rings is 1. The van der Waals surface area contributed by atoms with Gasteiger partial charge in [0.25, 0.3) is 0 Å². The van der Waals surface area contributed by atoms with Gasteiger partial charge in [-0.3, -0.25) is 9.48 Å². The lowest BCUT2D eigenvalue weighted by Crippen LogP contribution is -2.42. The molecule has 6 nitrogen and oxygen atoms in total. The maximum Gasteiger partial charge on any atom is 0.328 e. The summed E-state index contributed by atoms with van der Waals surface area (Å²) >= 11 is 0. The summed E-state index contributed by atoms with van der Waals surface area (Å²) in [4.78, 5) is 22.0. The molecule has 0 saturated carbocycles. The van der Waals surface area contributed by atoms with Crippen LogP contribution in [-0.4, -0.2) is 32.8 Å². The van der Waals surface area contributed by atoms with Gasteiger partial charge >= 0.3 is 5.97 Å². The van der Waals surface area contributed by atoms with Crippen molar-refractivity contribution in [2.45, 2.75) is 19.5 Å². The maximum absolute atomic E-state index is 11.1. The first-order valence-electron chi connectivity index (χ1n) is 6.14. The first kappa shape index (κ1) is 13.8. The zero-order valence-electron chi connectivity index (χ0n) is 11.0. The fourth-order valence-electron chi connectivity index (χ4n) is 1.86. The minimum absolute atomic E-state index is 0.0851. The van der Waals surface area contributed by atoms with Crippen molar-refractivity contribution in [2.75, 3.05) is 0 Å². The fourth-order valence-corrected chi connectivity index (χ4v) is 1.86. The van der Waals surface area contributed by atoms with Crippen molar-refractivity contribution in [3.8, 4) is 11.1 Å². The van der Waals surface area contributed by atoms with Gasteiger partial charge < -0.3 is 10.4 Å². The number of carboxylic acids is 1. The number of amides is 1. The Kier molecular flexibility index (Phi) is 4.14. The van der Waals surface area contributed by atoms with E-state index in [0.717, 1.165) is 11.1 Å². The Labute approximate surface area is 116 Å². The van der Waals surface area contributed by atoms with Crippen molar-refractivity contribution >= 4 is 11.9 Å². The van der Waals surface area contributed by atoms with E-state index in [1.807, 2.05) is 30.3 Å². The largest absolute Gasteiger partial charge is 0.480 e. The quantitative estimate of drug-likeness (QED) is 0.855. The normalized spacial score (nSPS) is 11.8. The molecule has 0 spiro atoms. The lowest BCUT2D eigenvalue weighted by atomic mass is 10.1. The number of carbonyl (C=O) groups excluding carboxylic acids is 1. The number of carbonyl (C=O) groups is 2. The molecular weight excluding hydrogens is 258 g/mol. The van der Waals surface area contributed by atoms with E-state index in [4.69, 9.17) is 5.11 Å². The standard InChI is InChI=1S/C14H15N3O3/c1-10(18)16-13(14(19)20)9-17-8-12(7-15-17)11-5-3-2-4-6-11/h2-8,13H,9H2,1H3,(H,16,18)(H,19,20). The van der Waals surface area contributed by atoms with Gasteiger partial charge in [0.05, 0.1) is 12.7 Å². The van der Waals surface area contributed by atoms with E-state index in [0.29, 0.717) is 0 Å². The van der Waals surface area contributed by atoms with E-state index in [-0.39, 0.29) is 12.5 Å². The van der Waals surface area contributed by atoms with Crippen LogP contribution >= 0.6 is 0 Å². The molecule has 0 aliphatic carbocycles. The third kappa shape index (κ3) is 3.44. The van der Waals surface area contributed by atoms with Crippen molar-refractivity contribution in [1.29, 1.82) is 0 Å². The Hall–Kier alpha value is -2.63. The minimum Gasteiger partial charge on any atom is -0.480 e. The van der Waals surface area contributed by atoms with Crippen LogP contribution in [0.5, 0.6) is 0 Å². The first-order valence-corrected chi connectivity index (χ1v) is 6.14. The summed E-state index contributed by atoms with van der Waals surface area (Å²) in [5.41, 5.74) is 1.91. The third-order valence-corrected chi connectivity index (χ3v) is 2.79. The van der Waals surface area contributed by atoms with Gasteiger partial charge in [-0.25, -0.2) is 4.79 Å². The Morgan fingerprint density at radius 1 is 1.30 bits per heavy atom. The maximum atomic E-state index is 11.1. The average molecular weight is 273 g/mol. The van der Waals surface area contributed by atoms with Gasteiger partial charge in [-0.2, -0.15) is 5.10 Å². The summed E-state index contributed by atoms with van der Waals surface area (Å²) in [6, 6.07) is 8.67. The van der Waals surface area contributed by atoms with Crippen molar-refractivity contribution in [2.24, 2.45) is 0 Å². The molecule has 1 aromatic carbocycles. The highest BCUT2D eigenvalue weighted by Gasteiger charge is 2.19. The number of aromatic nitrogens is 2. The number of aliphatic carboxylic acids is 1. The van der Waals surface area contributed by atoms with Crippen molar-refractivity contribution in [3.05, 3.63) is 42.7 Å². The summed E-state index contributed by atoms with van der Waals surface area (Å²) < 4.78 is 1.51. The predicted molar refractivity (Wildman–Crippen MR) is 72.9 cm³/mol. The number of rotatable bonds is 5. The van der Waals surface area contributed by atoms with Crippen LogP contribution in [0.25, 0.3) is 11.1 Å². The topological polar surface area (TPSA) is 84.2 Å². The summed E-state index contributed by atoms with van der Waals surface area (Å²) in [5, 5.41) is 15.6. The van der Waals surface area contributed by atoms with Crippen LogP contribution in [0, 0.1) is 0 Å². The van der Waals surface area contributed by atoms with Gasteiger partial charge in [0.15, 0.2) is 0 Å². The fraction of sp³-hybridized carbons (Fsp3) is 0.214. The van der Waals surface area contributed by atoms with E-state index in [2.05, 4.69) is 10.4 Å². The van der Waals surface area contributed by atoms with Crippen LogP contribution in [0.2, 0.25) is 0 Å². The van der Waals surface area contributed by atoms with Crippen LogP contribution in [0.3, 0.4) is 0 Å². The molecule has 0 radical (unpaired) electrons. The van der Waals surface area contributed by atoms with Crippen molar-refractivity contribution in [3.63, 3.8) is 0 Å². The summed E-state index contributed by atoms with van der Waals surface area (Å²) in [6.07, 6.45) is 3.43. The van der Waals surface area contributed by atoms with E-state index in [1.54, 1.807) is 12.4 Å². The number of carboxylic acid groups (broad SMARTS) is 1.